The third-order valence-corrected chi connectivity index (χ3v) is 5.27. The van der Waals surface area contributed by atoms with Crippen LogP contribution in [0.2, 0.25) is 0 Å². The third kappa shape index (κ3) is 7.05. The average Bonchev–Trinajstić information content (AvgIpc) is 2.85. The maximum atomic E-state index is 12.7. The molecule has 6 N–H and O–H groups in total. The van der Waals surface area contributed by atoms with Crippen LogP contribution < -0.4 is 22.1 Å². The zero-order valence-corrected chi connectivity index (χ0v) is 20.2. The van der Waals surface area contributed by atoms with Crippen molar-refractivity contribution >= 4 is 46.2 Å². The van der Waals surface area contributed by atoms with Crippen molar-refractivity contribution in [1.82, 2.24) is 15.3 Å². The Bertz CT molecular complexity index is 1230. The van der Waals surface area contributed by atoms with E-state index in [1.807, 2.05) is 18.2 Å². The molecule has 0 bridgehead atoms. The lowest BCUT2D eigenvalue weighted by molar-refractivity contribution is -0.146. The van der Waals surface area contributed by atoms with Gasteiger partial charge in [0.2, 0.25) is 5.95 Å². The molecule has 11 nitrogen and oxygen atoms in total. The molecule has 3 rings (SSSR count). The summed E-state index contributed by atoms with van der Waals surface area (Å²) >= 11 is 0. The Morgan fingerprint density at radius 2 is 1.69 bits per heavy atom. The van der Waals surface area contributed by atoms with E-state index in [0.29, 0.717) is 23.4 Å². The van der Waals surface area contributed by atoms with Gasteiger partial charge in [0.15, 0.2) is 0 Å². The third-order valence-electron chi connectivity index (χ3n) is 5.27. The highest BCUT2D eigenvalue weighted by molar-refractivity contribution is 5.97. The molecule has 1 heterocycles. The number of fused-ring (bicyclic) bond motifs is 1. The number of aromatic nitrogens is 2. The topological polar surface area (TPSA) is 172 Å². The fourth-order valence-corrected chi connectivity index (χ4v) is 3.50. The number of nitrogens with one attached hydrogen (secondary N) is 2. The van der Waals surface area contributed by atoms with E-state index in [4.69, 9.17) is 20.9 Å². The van der Waals surface area contributed by atoms with Crippen LogP contribution in [0.25, 0.3) is 10.9 Å². The second kappa shape index (κ2) is 12.3. The van der Waals surface area contributed by atoms with Gasteiger partial charge in [-0.15, -0.1) is 0 Å². The molecule has 0 aliphatic rings. The van der Waals surface area contributed by atoms with Crippen molar-refractivity contribution in [2.45, 2.75) is 39.3 Å². The monoisotopic (exact) mass is 494 g/mol. The number of carbonyl (C=O) groups is 3. The average molecular weight is 495 g/mol. The van der Waals surface area contributed by atoms with Crippen molar-refractivity contribution in [3.8, 4) is 0 Å². The Labute approximate surface area is 208 Å². The van der Waals surface area contributed by atoms with Crippen LogP contribution in [0, 0.1) is 0 Å². The van der Waals surface area contributed by atoms with Crippen LogP contribution in [0.5, 0.6) is 0 Å². The maximum absolute atomic E-state index is 12.7. The van der Waals surface area contributed by atoms with Gasteiger partial charge in [0, 0.05) is 29.6 Å². The molecule has 36 heavy (non-hydrogen) atoms. The van der Waals surface area contributed by atoms with Crippen LogP contribution in [-0.2, 0) is 25.6 Å². The molecule has 3 aromatic rings. The molecule has 11 heteroatoms. The number of nitrogens with two attached hydrogens (primary N) is 2. The molecule has 190 valence electrons. The highest BCUT2D eigenvalue weighted by Crippen LogP contribution is 2.21. The SMILES string of the molecule is CCOC(=O)CC[C@H](NC(=O)c1ccc(NCc2ccc3nc(N)nc(N)c3c2)cc1)C(=O)OCC. The largest absolute Gasteiger partial charge is 0.466 e. The lowest BCUT2D eigenvalue weighted by Gasteiger charge is -2.17. The highest BCUT2D eigenvalue weighted by Gasteiger charge is 2.24. The molecule has 0 radical (unpaired) electrons. The van der Waals surface area contributed by atoms with Crippen LogP contribution in [0.4, 0.5) is 17.5 Å². The van der Waals surface area contributed by atoms with Gasteiger partial charge in [0.1, 0.15) is 11.9 Å². The van der Waals surface area contributed by atoms with Crippen LogP contribution in [0.15, 0.2) is 42.5 Å². The Hall–Kier alpha value is -4.41. The molecule has 0 fully saturated rings. The van der Waals surface area contributed by atoms with Gasteiger partial charge in [-0.25, -0.2) is 9.78 Å². The summed E-state index contributed by atoms with van der Waals surface area (Å²) in [5.74, 6) is -1.05. The van der Waals surface area contributed by atoms with Gasteiger partial charge in [-0.05, 0) is 62.2 Å². The van der Waals surface area contributed by atoms with Gasteiger partial charge in [0.25, 0.3) is 5.91 Å². The van der Waals surface area contributed by atoms with E-state index in [1.54, 1.807) is 38.1 Å². The number of ether oxygens (including phenoxy) is 2. The number of esters is 2. The van der Waals surface area contributed by atoms with Crippen molar-refractivity contribution in [2.75, 3.05) is 30.0 Å². The zero-order chi connectivity index (χ0) is 26.1. The van der Waals surface area contributed by atoms with E-state index in [9.17, 15) is 14.4 Å². The second-order valence-electron chi connectivity index (χ2n) is 7.87. The predicted molar refractivity (Wildman–Crippen MR) is 136 cm³/mol. The summed E-state index contributed by atoms with van der Waals surface area (Å²) in [5, 5.41) is 6.64. The molecule has 2 aromatic carbocycles. The molecular formula is C25H30N6O5. The van der Waals surface area contributed by atoms with E-state index in [2.05, 4.69) is 20.6 Å². The van der Waals surface area contributed by atoms with Crippen molar-refractivity contribution < 1.29 is 23.9 Å². The quantitative estimate of drug-likeness (QED) is 0.290. The molecule has 0 saturated heterocycles. The van der Waals surface area contributed by atoms with Crippen LogP contribution in [0.1, 0.15) is 42.6 Å². The van der Waals surface area contributed by atoms with Crippen molar-refractivity contribution in [3.63, 3.8) is 0 Å². The van der Waals surface area contributed by atoms with Gasteiger partial charge in [0.05, 0.1) is 18.7 Å². The molecule has 1 atom stereocenters. The first kappa shape index (κ1) is 26.2. The minimum Gasteiger partial charge on any atom is -0.466 e. The Morgan fingerprint density at radius 3 is 2.39 bits per heavy atom. The summed E-state index contributed by atoms with van der Waals surface area (Å²) < 4.78 is 9.92. The summed E-state index contributed by atoms with van der Waals surface area (Å²) in [6.07, 6.45) is 0.0668. The minimum atomic E-state index is -0.959. The first-order valence-electron chi connectivity index (χ1n) is 11.6. The number of anilines is 3. The van der Waals surface area contributed by atoms with E-state index in [1.165, 1.54) is 0 Å². The van der Waals surface area contributed by atoms with Gasteiger partial charge in [-0.2, -0.15) is 4.98 Å². The first-order valence-corrected chi connectivity index (χ1v) is 11.6. The van der Waals surface area contributed by atoms with Crippen molar-refractivity contribution in [1.29, 1.82) is 0 Å². The smallest absolute Gasteiger partial charge is 0.328 e. The first-order chi connectivity index (χ1) is 17.3. The summed E-state index contributed by atoms with van der Waals surface area (Å²) in [5.41, 5.74) is 14.4. The van der Waals surface area contributed by atoms with E-state index >= 15 is 0 Å². The van der Waals surface area contributed by atoms with Gasteiger partial charge in [-0.1, -0.05) is 6.07 Å². The molecule has 0 aliphatic heterocycles. The Kier molecular flexibility index (Phi) is 8.98. The standard InChI is InChI=1S/C25H30N6O5/c1-3-35-21(32)12-11-20(24(34)36-4-2)29-23(33)16-6-8-17(9-7-16)28-14-15-5-10-19-18(13-15)22(26)31-25(27)30-19/h5-10,13,20,28H,3-4,11-12,14H2,1-2H3,(H,29,33)(H4,26,27,30,31)/t20-/m0/s1. The normalized spacial score (nSPS) is 11.5. The number of hydrogen-bond donors (Lipinski definition) is 4. The Balaban J connectivity index is 1.61. The van der Waals surface area contributed by atoms with Crippen molar-refractivity contribution in [3.05, 3.63) is 53.6 Å². The number of amides is 1. The number of benzene rings is 2. The predicted octanol–water partition coefficient (Wildman–Crippen LogP) is 2.41. The van der Waals surface area contributed by atoms with Crippen LogP contribution >= 0.6 is 0 Å². The molecule has 1 aromatic heterocycles. The van der Waals surface area contributed by atoms with E-state index < -0.39 is 23.9 Å². The molecule has 0 unspecified atom stereocenters. The van der Waals surface area contributed by atoms with E-state index in [0.717, 1.165) is 16.6 Å². The van der Waals surface area contributed by atoms with Gasteiger partial charge < -0.3 is 31.6 Å². The molecule has 0 saturated carbocycles. The summed E-state index contributed by atoms with van der Waals surface area (Å²) in [6.45, 7) is 4.28. The number of nitrogen functional groups attached to an aromatic ring is 2. The summed E-state index contributed by atoms with van der Waals surface area (Å²) in [7, 11) is 0. The molecule has 0 spiro atoms. The zero-order valence-electron chi connectivity index (χ0n) is 20.2. The second-order valence-corrected chi connectivity index (χ2v) is 7.87. The lowest BCUT2D eigenvalue weighted by Crippen LogP contribution is -2.42. The Morgan fingerprint density at radius 1 is 0.972 bits per heavy atom. The number of rotatable bonds is 11. The van der Waals surface area contributed by atoms with Crippen molar-refractivity contribution in [2.24, 2.45) is 0 Å². The summed E-state index contributed by atoms with van der Waals surface area (Å²) in [4.78, 5) is 44.8. The lowest BCUT2D eigenvalue weighted by atomic mass is 10.1. The molecule has 1 amide bonds. The number of carbonyl (C=O) groups excluding carboxylic acids is 3. The molecular weight excluding hydrogens is 464 g/mol. The number of hydrogen-bond acceptors (Lipinski definition) is 10. The van der Waals surface area contributed by atoms with Gasteiger partial charge >= 0.3 is 11.9 Å². The van der Waals surface area contributed by atoms with Crippen LogP contribution in [-0.4, -0.2) is 47.1 Å². The molecule has 0 aliphatic carbocycles. The van der Waals surface area contributed by atoms with Crippen LogP contribution in [0.3, 0.4) is 0 Å². The van der Waals surface area contributed by atoms with Gasteiger partial charge in [-0.3, -0.25) is 9.59 Å². The minimum absolute atomic E-state index is 0.0135. The fraction of sp³-hybridized carbons (Fsp3) is 0.320. The fourth-order valence-electron chi connectivity index (χ4n) is 3.50. The summed E-state index contributed by atoms with van der Waals surface area (Å²) in [6, 6.07) is 11.5. The van der Waals surface area contributed by atoms with E-state index in [-0.39, 0.29) is 32.0 Å². The maximum Gasteiger partial charge on any atom is 0.328 e. The highest BCUT2D eigenvalue weighted by atomic mass is 16.5. The number of nitrogens with zero attached hydrogens (tertiary/aromatic N) is 2.